The zero-order valence-corrected chi connectivity index (χ0v) is 17.2. The molecular formula is C24H28N4O2. The molecule has 2 saturated heterocycles. The number of nitrogens with zero attached hydrogens (tertiary/aromatic N) is 3. The van der Waals surface area contributed by atoms with Crippen molar-refractivity contribution in [1.82, 2.24) is 20.0 Å². The lowest BCUT2D eigenvalue weighted by Gasteiger charge is -2.48. The predicted octanol–water partition coefficient (Wildman–Crippen LogP) is 1.61. The van der Waals surface area contributed by atoms with Crippen LogP contribution in [-0.2, 0) is 13.0 Å². The first-order valence-electron chi connectivity index (χ1n) is 10.9. The number of nitrogens with one attached hydrogen (secondary N) is 1. The highest BCUT2D eigenvalue weighted by atomic mass is 16.2. The Labute approximate surface area is 177 Å². The van der Waals surface area contributed by atoms with E-state index < -0.39 is 0 Å². The molecule has 3 heterocycles. The Bertz CT molecular complexity index is 931. The number of hydrogen-bond donors (Lipinski definition) is 1. The Kier molecular flexibility index (Phi) is 5.27. The topological polar surface area (TPSA) is 55.9 Å². The van der Waals surface area contributed by atoms with Crippen molar-refractivity contribution in [2.45, 2.75) is 19.0 Å². The summed E-state index contributed by atoms with van der Waals surface area (Å²) in [7, 11) is 0. The van der Waals surface area contributed by atoms with Gasteiger partial charge in [0, 0.05) is 63.0 Å². The molecule has 6 nitrogen and oxygen atoms in total. The highest BCUT2D eigenvalue weighted by Gasteiger charge is 2.37. The Morgan fingerprint density at radius 3 is 2.30 bits per heavy atom. The molecule has 0 aromatic heterocycles. The lowest BCUT2D eigenvalue weighted by Crippen LogP contribution is -2.64. The number of carbonyl (C=O) groups excluding carboxylic acids is 2. The molecule has 156 valence electrons. The number of carbonyl (C=O) groups is 2. The second-order valence-corrected chi connectivity index (χ2v) is 8.47. The van der Waals surface area contributed by atoms with Crippen LogP contribution in [0.1, 0.15) is 31.8 Å². The largest absolute Gasteiger partial charge is 0.336 e. The molecule has 6 heteroatoms. The van der Waals surface area contributed by atoms with Crippen LogP contribution < -0.4 is 5.32 Å². The van der Waals surface area contributed by atoms with Crippen molar-refractivity contribution in [3.63, 3.8) is 0 Å². The first-order chi connectivity index (χ1) is 14.7. The molecule has 2 aromatic carbocycles. The minimum Gasteiger partial charge on any atom is -0.336 e. The minimum atomic E-state index is 0.114. The lowest BCUT2D eigenvalue weighted by molar-refractivity contribution is 0.00853. The van der Waals surface area contributed by atoms with Crippen molar-refractivity contribution in [2.75, 3.05) is 45.8 Å². The van der Waals surface area contributed by atoms with Gasteiger partial charge in [0.2, 0.25) is 0 Å². The Morgan fingerprint density at radius 1 is 0.800 bits per heavy atom. The molecule has 2 aromatic rings. The van der Waals surface area contributed by atoms with Crippen molar-refractivity contribution in [2.24, 2.45) is 0 Å². The van der Waals surface area contributed by atoms with E-state index in [4.69, 9.17) is 0 Å². The van der Waals surface area contributed by atoms with E-state index in [1.807, 2.05) is 46.2 Å². The standard InChI is InChI=1S/C24H28N4O2/c29-23(18-4-2-1-3-5-18)27-12-10-26(11-13-27)22-16-28(17-22)24(30)20-6-7-21-15-25-9-8-19(21)14-20/h1-7,14,22,25H,8-13,15-17H2. The molecule has 0 radical (unpaired) electrons. The monoisotopic (exact) mass is 404 g/mol. The zero-order chi connectivity index (χ0) is 20.5. The van der Waals surface area contributed by atoms with Crippen LogP contribution in [0.25, 0.3) is 0 Å². The van der Waals surface area contributed by atoms with E-state index in [0.717, 1.165) is 69.9 Å². The van der Waals surface area contributed by atoms with E-state index >= 15 is 0 Å². The molecule has 3 aliphatic rings. The van der Waals surface area contributed by atoms with Gasteiger partial charge < -0.3 is 15.1 Å². The van der Waals surface area contributed by atoms with Gasteiger partial charge in [0.1, 0.15) is 0 Å². The first-order valence-corrected chi connectivity index (χ1v) is 10.9. The highest BCUT2D eigenvalue weighted by Crippen LogP contribution is 2.22. The number of benzene rings is 2. The fourth-order valence-corrected chi connectivity index (χ4v) is 4.70. The van der Waals surface area contributed by atoms with E-state index in [-0.39, 0.29) is 11.8 Å². The highest BCUT2D eigenvalue weighted by molar-refractivity contribution is 5.95. The lowest BCUT2D eigenvalue weighted by atomic mass is 9.97. The molecular weight excluding hydrogens is 376 g/mol. The predicted molar refractivity (Wildman–Crippen MR) is 115 cm³/mol. The van der Waals surface area contributed by atoms with Crippen LogP contribution in [0.5, 0.6) is 0 Å². The third-order valence-corrected chi connectivity index (χ3v) is 6.63. The summed E-state index contributed by atoms with van der Waals surface area (Å²) in [5.41, 5.74) is 4.18. The molecule has 0 atom stereocenters. The summed E-state index contributed by atoms with van der Waals surface area (Å²) < 4.78 is 0. The van der Waals surface area contributed by atoms with Gasteiger partial charge in [-0.1, -0.05) is 24.3 Å². The fourth-order valence-electron chi connectivity index (χ4n) is 4.70. The van der Waals surface area contributed by atoms with Gasteiger partial charge in [-0.25, -0.2) is 0 Å². The van der Waals surface area contributed by atoms with Crippen LogP contribution >= 0.6 is 0 Å². The summed E-state index contributed by atoms with van der Waals surface area (Å²) >= 11 is 0. The number of likely N-dealkylation sites (tertiary alicyclic amines) is 1. The third-order valence-electron chi connectivity index (χ3n) is 6.63. The summed E-state index contributed by atoms with van der Waals surface area (Å²) in [4.78, 5) is 31.8. The molecule has 0 aliphatic carbocycles. The summed E-state index contributed by atoms with van der Waals surface area (Å²) in [6.45, 7) is 6.68. The second-order valence-electron chi connectivity index (χ2n) is 8.47. The van der Waals surface area contributed by atoms with Crippen LogP contribution in [-0.4, -0.2) is 78.4 Å². The van der Waals surface area contributed by atoms with E-state index in [1.54, 1.807) is 0 Å². The van der Waals surface area contributed by atoms with Gasteiger partial charge >= 0.3 is 0 Å². The normalized spacial score (nSPS) is 19.9. The summed E-state index contributed by atoms with van der Waals surface area (Å²) in [6.07, 6.45) is 0.991. The van der Waals surface area contributed by atoms with Crippen LogP contribution in [0, 0.1) is 0 Å². The SMILES string of the molecule is O=C(c1ccccc1)N1CCN(C2CN(C(=O)c3ccc4c(c3)CCNC4)C2)CC1. The van der Waals surface area contributed by atoms with Crippen LogP contribution in [0.4, 0.5) is 0 Å². The molecule has 0 saturated carbocycles. The van der Waals surface area contributed by atoms with Gasteiger partial charge in [0.25, 0.3) is 11.8 Å². The van der Waals surface area contributed by atoms with E-state index in [2.05, 4.69) is 22.3 Å². The van der Waals surface area contributed by atoms with Crippen molar-refractivity contribution in [1.29, 1.82) is 0 Å². The Morgan fingerprint density at radius 2 is 1.53 bits per heavy atom. The molecule has 0 bridgehead atoms. The molecule has 0 spiro atoms. The van der Waals surface area contributed by atoms with Gasteiger partial charge in [-0.2, -0.15) is 0 Å². The van der Waals surface area contributed by atoms with Crippen LogP contribution in [0.3, 0.4) is 0 Å². The second kappa shape index (κ2) is 8.20. The molecule has 2 amide bonds. The number of fused-ring (bicyclic) bond motifs is 1. The van der Waals surface area contributed by atoms with Crippen molar-refractivity contribution in [3.05, 3.63) is 70.8 Å². The minimum absolute atomic E-state index is 0.114. The molecule has 30 heavy (non-hydrogen) atoms. The maximum atomic E-state index is 12.9. The molecule has 5 rings (SSSR count). The number of hydrogen-bond acceptors (Lipinski definition) is 4. The van der Waals surface area contributed by atoms with Crippen molar-refractivity contribution >= 4 is 11.8 Å². The van der Waals surface area contributed by atoms with Crippen molar-refractivity contribution < 1.29 is 9.59 Å². The third kappa shape index (κ3) is 3.73. The van der Waals surface area contributed by atoms with E-state index in [0.29, 0.717) is 6.04 Å². The van der Waals surface area contributed by atoms with Crippen molar-refractivity contribution in [3.8, 4) is 0 Å². The average molecular weight is 405 g/mol. The summed E-state index contributed by atoms with van der Waals surface area (Å²) in [5.74, 6) is 0.258. The van der Waals surface area contributed by atoms with Gasteiger partial charge in [-0.15, -0.1) is 0 Å². The smallest absolute Gasteiger partial charge is 0.253 e. The molecule has 2 fully saturated rings. The molecule has 1 N–H and O–H groups in total. The van der Waals surface area contributed by atoms with Gasteiger partial charge in [-0.05, 0) is 48.4 Å². The average Bonchev–Trinajstić information content (AvgIpc) is 2.78. The maximum absolute atomic E-state index is 12.9. The first kappa shape index (κ1) is 19.3. The van der Waals surface area contributed by atoms with Crippen LogP contribution in [0.2, 0.25) is 0 Å². The number of rotatable bonds is 3. The number of amides is 2. The maximum Gasteiger partial charge on any atom is 0.253 e. The van der Waals surface area contributed by atoms with Gasteiger partial charge in [-0.3, -0.25) is 14.5 Å². The Balaban J connectivity index is 1.13. The summed E-state index contributed by atoms with van der Waals surface area (Å²) in [6, 6.07) is 16.0. The Hall–Kier alpha value is -2.70. The van der Waals surface area contributed by atoms with E-state index in [1.165, 1.54) is 11.1 Å². The molecule has 0 unspecified atom stereocenters. The van der Waals surface area contributed by atoms with Gasteiger partial charge in [0.05, 0.1) is 0 Å². The zero-order valence-electron chi connectivity index (χ0n) is 17.2. The van der Waals surface area contributed by atoms with Crippen LogP contribution in [0.15, 0.2) is 48.5 Å². The summed E-state index contributed by atoms with van der Waals surface area (Å²) in [5, 5.41) is 3.37. The number of piperazine rings is 1. The van der Waals surface area contributed by atoms with Gasteiger partial charge in [0.15, 0.2) is 0 Å². The molecule has 3 aliphatic heterocycles. The quantitative estimate of drug-likeness (QED) is 0.845. The fraction of sp³-hybridized carbons (Fsp3) is 0.417. The van der Waals surface area contributed by atoms with E-state index in [9.17, 15) is 9.59 Å².